The van der Waals surface area contributed by atoms with Crippen molar-refractivity contribution in [3.05, 3.63) is 36.2 Å². The largest absolute Gasteiger partial charge is 0.497 e. The molecule has 0 N–H and O–H groups in total. The summed E-state index contributed by atoms with van der Waals surface area (Å²) in [4.78, 5) is 26.6. The fourth-order valence-corrected chi connectivity index (χ4v) is 4.38. The molecule has 0 spiro atoms. The smallest absolute Gasteiger partial charge is 0.225 e. The summed E-state index contributed by atoms with van der Waals surface area (Å²) in [7, 11) is 5.52. The van der Waals surface area contributed by atoms with Crippen LogP contribution in [0.1, 0.15) is 44.3 Å². The summed E-state index contributed by atoms with van der Waals surface area (Å²) in [5, 5.41) is 6.52. The second kappa shape index (κ2) is 9.54. The van der Waals surface area contributed by atoms with E-state index in [9.17, 15) is 4.79 Å². The van der Waals surface area contributed by atoms with Crippen LogP contribution in [0.5, 0.6) is 5.75 Å². The van der Waals surface area contributed by atoms with Crippen LogP contribution in [0.4, 0.5) is 5.95 Å². The van der Waals surface area contributed by atoms with Crippen molar-refractivity contribution >= 4 is 17.6 Å². The molecule has 170 valence electrons. The molecule has 0 radical (unpaired) electrons. The van der Waals surface area contributed by atoms with Gasteiger partial charge in [-0.1, -0.05) is 12.1 Å². The van der Waals surface area contributed by atoms with Gasteiger partial charge in [0.1, 0.15) is 5.75 Å². The molecule has 2 aromatic rings. The highest BCUT2D eigenvalue weighted by Gasteiger charge is 2.33. The lowest BCUT2D eigenvalue weighted by Crippen LogP contribution is -2.33. The first kappa shape index (κ1) is 22.0. The zero-order valence-corrected chi connectivity index (χ0v) is 19.4. The fourth-order valence-electron chi connectivity index (χ4n) is 4.38. The molecule has 0 bridgehead atoms. The van der Waals surface area contributed by atoms with Gasteiger partial charge in [-0.05, 0) is 37.5 Å². The Morgan fingerprint density at radius 1 is 1.28 bits per heavy atom. The number of nitrogens with zero attached hydrogens (tertiary/aromatic N) is 6. The molecule has 0 saturated carbocycles. The van der Waals surface area contributed by atoms with Gasteiger partial charge in [-0.25, -0.2) is 9.97 Å². The molecule has 1 fully saturated rings. The van der Waals surface area contributed by atoms with Crippen LogP contribution < -0.4 is 9.64 Å². The molecule has 4 rings (SSSR count). The maximum Gasteiger partial charge on any atom is 0.225 e. The van der Waals surface area contributed by atoms with E-state index >= 15 is 0 Å². The molecule has 0 aliphatic carbocycles. The number of ether oxygens (including phenoxy) is 1. The van der Waals surface area contributed by atoms with E-state index in [2.05, 4.69) is 10.1 Å². The number of hydrazone groups is 1. The Morgan fingerprint density at radius 2 is 2.12 bits per heavy atom. The third kappa shape index (κ3) is 4.69. The second-order valence-electron chi connectivity index (χ2n) is 8.63. The average Bonchev–Trinajstić information content (AvgIpc) is 3.46. The number of methoxy groups -OCH3 is 1. The van der Waals surface area contributed by atoms with Gasteiger partial charge in [0, 0.05) is 64.0 Å². The van der Waals surface area contributed by atoms with E-state index in [0.29, 0.717) is 18.9 Å². The minimum atomic E-state index is -0.0609. The predicted molar refractivity (Wildman–Crippen MR) is 126 cm³/mol. The first-order chi connectivity index (χ1) is 15.5. The summed E-state index contributed by atoms with van der Waals surface area (Å²) in [6.45, 7) is 4.36. The van der Waals surface area contributed by atoms with E-state index in [4.69, 9.17) is 9.72 Å². The van der Waals surface area contributed by atoms with E-state index in [1.165, 1.54) is 0 Å². The van der Waals surface area contributed by atoms with Gasteiger partial charge in [0.25, 0.3) is 0 Å². The molecule has 32 heavy (non-hydrogen) atoms. The molecule has 8 heteroatoms. The lowest BCUT2D eigenvalue weighted by Gasteiger charge is -2.27. The Kier molecular flexibility index (Phi) is 6.58. The first-order valence-electron chi connectivity index (χ1n) is 11.2. The number of benzene rings is 1. The number of carbonyl (C=O) groups is 1. The number of hydrogen-bond donors (Lipinski definition) is 0. The Morgan fingerprint density at radius 3 is 2.84 bits per heavy atom. The third-order valence-corrected chi connectivity index (χ3v) is 6.10. The Hall–Kier alpha value is -3.16. The van der Waals surface area contributed by atoms with Gasteiger partial charge in [0.2, 0.25) is 11.9 Å². The standard InChI is InChI=1S/C24H32N6O2/c1-17-10-13-29(27-17)14-11-22(31)30-12-6-9-21(30)23-20(16-25-24(26-23)28(2)3)18-7-5-8-19(15-18)32-4/h5,7-8,15-16,21H,6,9-14H2,1-4H3/t21-/m0/s1. The monoisotopic (exact) mass is 436 g/mol. The Bertz CT molecular complexity index is 1010. The molecule has 3 heterocycles. The van der Waals surface area contributed by atoms with Gasteiger partial charge >= 0.3 is 0 Å². The highest BCUT2D eigenvalue weighted by Crippen LogP contribution is 2.38. The van der Waals surface area contributed by atoms with Gasteiger partial charge in [-0.3, -0.25) is 9.80 Å². The normalized spacial score (nSPS) is 18.1. The molecule has 1 atom stereocenters. The van der Waals surface area contributed by atoms with Crippen LogP contribution in [0.3, 0.4) is 0 Å². The number of anilines is 1. The number of hydrogen-bond acceptors (Lipinski definition) is 7. The zero-order chi connectivity index (χ0) is 22.7. The van der Waals surface area contributed by atoms with Gasteiger partial charge in [0.05, 0.1) is 18.8 Å². The van der Waals surface area contributed by atoms with Crippen LogP contribution in [-0.2, 0) is 4.79 Å². The van der Waals surface area contributed by atoms with E-state index in [1.807, 2.05) is 66.3 Å². The number of carbonyl (C=O) groups excluding carboxylic acids is 1. The summed E-state index contributed by atoms with van der Waals surface area (Å²) in [6, 6.07) is 7.86. The maximum absolute atomic E-state index is 13.2. The van der Waals surface area contributed by atoms with E-state index < -0.39 is 0 Å². The number of aromatic nitrogens is 2. The van der Waals surface area contributed by atoms with Gasteiger partial charge in [-0.15, -0.1) is 0 Å². The van der Waals surface area contributed by atoms with Crippen molar-refractivity contribution < 1.29 is 9.53 Å². The van der Waals surface area contributed by atoms with Crippen LogP contribution in [-0.4, -0.2) is 72.3 Å². The molecule has 0 unspecified atom stereocenters. The summed E-state index contributed by atoms with van der Waals surface area (Å²) < 4.78 is 5.42. The highest BCUT2D eigenvalue weighted by atomic mass is 16.5. The van der Waals surface area contributed by atoms with E-state index in [-0.39, 0.29) is 11.9 Å². The molecule has 1 aromatic carbocycles. The molecule has 8 nitrogen and oxygen atoms in total. The van der Waals surface area contributed by atoms with Crippen molar-refractivity contribution in [2.24, 2.45) is 5.10 Å². The number of likely N-dealkylation sites (tertiary alicyclic amines) is 1. The lowest BCUT2D eigenvalue weighted by molar-refractivity contribution is -0.132. The van der Waals surface area contributed by atoms with Crippen molar-refractivity contribution in [1.82, 2.24) is 19.9 Å². The van der Waals surface area contributed by atoms with Crippen LogP contribution in [0.25, 0.3) is 11.1 Å². The highest BCUT2D eigenvalue weighted by molar-refractivity contribution is 5.83. The minimum absolute atomic E-state index is 0.0609. The molecule has 1 saturated heterocycles. The Labute approximate surface area is 189 Å². The van der Waals surface area contributed by atoms with Crippen LogP contribution >= 0.6 is 0 Å². The number of rotatable bonds is 7. The zero-order valence-electron chi connectivity index (χ0n) is 19.4. The fraction of sp³-hybridized carbons (Fsp3) is 0.500. The SMILES string of the molecule is COc1cccc(-c2cnc(N(C)C)nc2[C@@H]2CCCN2C(=O)CCN2CCC(C)=N2)c1. The van der Waals surface area contributed by atoms with Gasteiger partial charge < -0.3 is 14.5 Å². The summed E-state index contributed by atoms with van der Waals surface area (Å²) >= 11 is 0. The topological polar surface area (TPSA) is 74.2 Å². The van der Waals surface area contributed by atoms with E-state index in [0.717, 1.165) is 60.6 Å². The van der Waals surface area contributed by atoms with Crippen molar-refractivity contribution in [2.75, 3.05) is 45.7 Å². The van der Waals surface area contributed by atoms with Crippen molar-refractivity contribution in [1.29, 1.82) is 0 Å². The van der Waals surface area contributed by atoms with E-state index in [1.54, 1.807) is 7.11 Å². The second-order valence-corrected chi connectivity index (χ2v) is 8.63. The third-order valence-electron chi connectivity index (χ3n) is 6.10. The minimum Gasteiger partial charge on any atom is -0.497 e. The van der Waals surface area contributed by atoms with Crippen molar-refractivity contribution in [3.63, 3.8) is 0 Å². The molecule has 2 aliphatic rings. The quantitative estimate of drug-likeness (QED) is 0.663. The first-order valence-corrected chi connectivity index (χ1v) is 11.2. The molecular weight excluding hydrogens is 404 g/mol. The van der Waals surface area contributed by atoms with Gasteiger partial charge in [-0.2, -0.15) is 5.10 Å². The van der Waals surface area contributed by atoms with Crippen LogP contribution in [0, 0.1) is 0 Å². The molecule has 1 aromatic heterocycles. The van der Waals surface area contributed by atoms with Crippen molar-refractivity contribution in [2.45, 2.75) is 38.6 Å². The predicted octanol–water partition coefficient (Wildman–Crippen LogP) is 3.35. The molecule has 2 aliphatic heterocycles. The molecular formula is C24H32N6O2. The van der Waals surface area contributed by atoms with Gasteiger partial charge in [0.15, 0.2) is 0 Å². The average molecular weight is 437 g/mol. The molecule has 1 amide bonds. The summed E-state index contributed by atoms with van der Waals surface area (Å²) in [6.07, 6.45) is 5.19. The lowest BCUT2D eigenvalue weighted by atomic mass is 9.99. The summed E-state index contributed by atoms with van der Waals surface area (Å²) in [5.74, 6) is 1.59. The Balaban J connectivity index is 1.62. The summed E-state index contributed by atoms with van der Waals surface area (Å²) in [5.41, 5.74) is 3.97. The maximum atomic E-state index is 13.2. The number of amides is 1. The van der Waals surface area contributed by atoms with Crippen molar-refractivity contribution in [3.8, 4) is 16.9 Å². The van der Waals surface area contributed by atoms with Crippen LogP contribution in [0.2, 0.25) is 0 Å². The van der Waals surface area contributed by atoms with Crippen LogP contribution in [0.15, 0.2) is 35.6 Å².